The fraction of sp³-hybridized carbons (Fsp3) is 0.594. The van der Waals surface area contributed by atoms with Crippen molar-refractivity contribution in [1.82, 2.24) is 68.1 Å². The van der Waals surface area contributed by atoms with Crippen LogP contribution >= 0.6 is 0 Å². The maximum absolute atomic E-state index is 14.7. The van der Waals surface area contributed by atoms with E-state index >= 15 is 0 Å². The Morgan fingerprint density at radius 3 is 1.47 bits per heavy atom. The smallest absolute Gasteiger partial charge is 0.326 e. The molecular weight excluding hydrogens is 1310 g/mol. The predicted molar refractivity (Wildman–Crippen MR) is 362 cm³/mol. The molecule has 36 nitrogen and oxygen atoms in total. The Balaban J connectivity index is 1.94. The number of nitrogens with one attached hydrogen (secondary N) is 12. The van der Waals surface area contributed by atoms with Gasteiger partial charge in [-0.05, 0) is 80.8 Å². The molecule has 0 aliphatic carbocycles. The molecule has 2 heterocycles. The third-order valence-corrected chi connectivity index (χ3v) is 16.5. The van der Waals surface area contributed by atoms with Gasteiger partial charge in [0.15, 0.2) is 5.96 Å². The van der Waals surface area contributed by atoms with E-state index in [1.165, 1.54) is 19.4 Å². The van der Waals surface area contributed by atoms with E-state index in [4.69, 9.17) is 22.9 Å². The van der Waals surface area contributed by atoms with Crippen molar-refractivity contribution in [3.8, 4) is 0 Å². The summed E-state index contributed by atoms with van der Waals surface area (Å²) < 4.78 is 0. The molecule has 0 saturated heterocycles. The summed E-state index contributed by atoms with van der Waals surface area (Å²) in [7, 11) is 0. The lowest BCUT2D eigenvalue weighted by atomic mass is 9.95. The Morgan fingerprint density at radius 2 is 0.980 bits per heavy atom. The van der Waals surface area contributed by atoms with Crippen LogP contribution in [-0.2, 0) is 80.0 Å². The quantitative estimate of drug-likeness (QED) is 0.0150. The molecular formula is C64H100N18O18. The third-order valence-electron chi connectivity index (χ3n) is 16.5. The molecule has 1 aromatic carbocycles. The number of nitrogens with two attached hydrogens (primary N) is 4. The molecule has 0 spiro atoms. The number of aliphatic carboxylic acids is 3. The molecule has 554 valence electrons. The first kappa shape index (κ1) is 84.0. The van der Waals surface area contributed by atoms with Gasteiger partial charge in [-0.15, -0.1) is 0 Å². The van der Waals surface area contributed by atoms with Gasteiger partial charge in [0, 0.05) is 54.8 Å². The number of fused-ring (bicyclic) bond motifs is 1. The van der Waals surface area contributed by atoms with Crippen molar-refractivity contribution in [2.45, 2.75) is 212 Å². The van der Waals surface area contributed by atoms with Crippen LogP contribution < -0.4 is 76.1 Å². The second-order valence-electron chi connectivity index (χ2n) is 25.5. The summed E-state index contributed by atoms with van der Waals surface area (Å²) in [5, 5.41) is 65.7. The second-order valence-corrected chi connectivity index (χ2v) is 25.5. The number of aliphatic hydroxyl groups is 1. The van der Waals surface area contributed by atoms with Crippen molar-refractivity contribution in [3.63, 3.8) is 0 Å². The molecule has 0 saturated carbocycles. The summed E-state index contributed by atoms with van der Waals surface area (Å²) in [5.41, 5.74) is 24.2. The standard InChI is InChI=1S/C64H100N18O18/c1-10-32(7)50(60(96)75-41(18-20-47(85)86)55(91)73-40(17-14-22-70-64(67)68)54(90)76-43(23-30(3)4)57(93)78-45(63(99)100)26-46(66)84)80-58(94)44(25-36-28-69-29-72-36)77-56(92)42(19-21-48(87)88)74-59(95)49(31(5)6)79-61(97)51(33(8)11-2)81-62(98)52(34(9)83)82-53(89)38(65)24-35-27-71-39-16-13-12-15-37(35)39/h12-13,15-16,27-34,38,40-45,49-52,71,83H,10-11,14,17-26,65H2,1-9H3,(H2,66,84)(H,69,72)(H,73,91)(H,74,95)(H,75,96)(H,76,90)(H,77,92)(H,78,93)(H,79,97)(H,80,94)(H,81,98)(H,82,89)(H,85,86)(H,87,88)(H,99,100)(H4,67,68,70)/t32-,33-,34+,38-,40-,41-,42-,43-,44-,45-,49-,50-,51-,52-/m0/s1. The van der Waals surface area contributed by atoms with E-state index in [0.29, 0.717) is 0 Å². The number of primary amides is 1. The molecule has 0 radical (unpaired) electrons. The molecule has 24 N–H and O–H groups in total. The minimum absolute atomic E-state index is 0.0102. The van der Waals surface area contributed by atoms with E-state index < -0.39 is 205 Å². The fourth-order valence-electron chi connectivity index (χ4n) is 10.4. The van der Waals surface area contributed by atoms with Crippen molar-refractivity contribution < 1.29 is 87.5 Å². The van der Waals surface area contributed by atoms with Crippen LogP contribution in [0.15, 0.2) is 48.0 Å². The highest BCUT2D eigenvalue weighted by molar-refractivity contribution is 6.00. The maximum atomic E-state index is 14.7. The number of carbonyl (C=O) groups excluding carboxylic acids is 11. The number of aliphatic imine (C=N–C) groups is 1. The van der Waals surface area contributed by atoms with Gasteiger partial charge in [0.05, 0.1) is 24.9 Å². The summed E-state index contributed by atoms with van der Waals surface area (Å²) in [6.45, 7) is 14.2. The van der Waals surface area contributed by atoms with Crippen molar-refractivity contribution in [3.05, 3.63) is 54.2 Å². The molecule has 3 rings (SSSR count). The highest BCUT2D eigenvalue weighted by Gasteiger charge is 2.39. The van der Waals surface area contributed by atoms with Gasteiger partial charge in [-0.3, -0.25) is 67.3 Å². The first-order chi connectivity index (χ1) is 47.0. The lowest BCUT2D eigenvalue weighted by Crippen LogP contribution is -2.63. The number of hydrogen-bond donors (Lipinski definition) is 20. The summed E-state index contributed by atoms with van der Waals surface area (Å²) in [6, 6.07) is -9.84. The number of hydrogen-bond acceptors (Lipinski definition) is 18. The predicted octanol–water partition coefficient (Wildman–Crippen LogP) is -3.23. The first-order valence-electron chi connectivity index (χ1n) is 33.0. The van der Waals surface area contributed by atoms with E-state index in [0.717, 1.165) is 16.5 Å². The number of rotatable bonds is 45. The van der Waals surface area contributed by atoms with Crippen LogP contribution in [0, 0.1) is 23.7 Å². The number of carboxylic acid groups (broad SMARTS) is 3. The molecule has 0 fully saturated rings. The Morgan fingerprint density at radius 1 is 0.530 bits per heavy atom. The topological polar surface area (TPSA) is 601 Å². The van der Waals surface area contributed by atoms with Crippen molar-refractivity contribution in [2.75, 3.05) is 6.54 Å². The number of aliphatic hydroxyl groups excluding tert-OH is 1. The van der Waals surface area contributed by atoms with E-state index in [1.54, 1.807) is 61.6 Å². The number of aromatic nitrogens is 3. The number of para-hydroxylation sites is 1. The Bertz CT molecular complexity index is 3340. The average Bonchev–Trinajstić information content (AvgIpc) is 1.54. The largest absolute Gasteiger partial charge is 0.481 e. The molecule has 11 amide bonds. The van der Waals surface area contributed by atoms with Crippen LogP contribution in [0.5, 0.6) is 0 Å². The highest BCUT2D eigenvalue weighted by atomic mass is 16.4. The number of H-pyrrole nitrogens is 2. The van der Waals surface area contributed by atoms with Crippen molar-refractivity contribution in [1.29, 1.82) is 0 Å². The van der Waals surface area contributed by atoms with Crippen LogP contribution in [0.3, 0.4) is 0 Å². The summed E-state index contributed by atoms with van der Waals surface area (Å²) in [5.74, 6) is -18.2. The van der Waals surface area contributed by atoms with Crippen LogP contribution in [-0.4, -0.2) is 203 Å². The third kappa shape index (κ3) is 27.9. The van der Waals surface area contributed by atoms with Gasteiger partial charge in [0.25, 0.3) is 0 Å². The maximum Gasteiger partial charge on any atom is 0.326 e. The second kappa shape index (κ2) is 41.2. The summed E-state index contributed by atoms with van der Waals surface area (Å²) >= 11 is 0. The van der Waals surface area contributed by atoms with Gasteiger partial charge in [-0.1, -0.05) is 86.4 Å². The number of nitrogens with zero attached hydrogens (tertiary/aromatic N) is 2. The SMILES string of the molecule is CC[C@H](C)[C@H](NC(=O)[C@H](Cc1cnc[nH]1)NC(=O)[C@H](CCC(=O)O)NC(=O)[C@@H](NC(=O)[C@@H](NC(=O)[C@@H](NC(=O)[C@@H](N)Cc1c[nH]c2ccccc12)[C@@H](C)O)[C@@H](C)CC)C(C)C)C(=O)N[C@@H](CCC(=O)O)C(=O)N[C@@H](CCCN=C(N)N)C(=O)N[C@@H](CC(C)C)C(=O)N[C@@H](CC(N)=O)C(=O)O. The minimum atomic E-state index is -1.77. The zero-order valence-electron chi connectivity index (χ0n) is 57.7. The zero-order chi connectivity index (χ0) is 75.2. The number of carbonyl (C=O) groups is 14. The minimum Gasteiger partial charge on any atom is -0.481 e. The van der Waals surface area contributed by atoms with Gasteiger partial charge >= 0.3 is 17.9 Å². The van der Waals surface area contributed by atoms with Crippen molar-refractivity contribution in [2.24, 2.45) is 51.6 Å². The van der Waals surface area contributed by atoms with E-state index in [1.807, 2.05) is 24.3 Å². The van der Waals surface area contributed by atoms with Gasteiger partial charge in [-0.2, -0.15) is 0 Å². The van der Waals surface area contributed by atoms with Gasteiger partial charge in [0.1, 0.15) is 60.4 Å². The normalized spacial score (nSPS) is 15.5. The number of amides is 11. The number of guanidine groups is 1. The van der Waals surface area contributed by atoms with Gasteiger partial charge in [0.2, 0.25) is 65.0 Å². The number of imidazole rings is 1. The number of aromatic amines is 2. The highest BCUT2D eigenvalue weighted by Crippen LogP contribution is 2.20. The molecule has 0 aliphatic heterocycles. The molecule has 0 bridgehead atoms. The summed E-state index contributed by atoms with van der Waals surface area (Å²) in [6.07, 6.45) is -0.802. The molecule has 0 unspecified atom stereocenters. The molecule has 2 aromatic heterocycles. The first-order valence-corrected chi connectivity index (χ1v) is 33.0. The Hall–Kier alpha value is -10.3. The fourth-order valence-corrected chi connectivity index (χ4v) is 10.4. The monoisotopic (exact) mass is 1410 g/mol. The zero-order valence-corrected chi connectivity index (χ0v) is 57.7. The van der Waals surface area contributed by atoms with E-state index in [-0.39, 0.29) is 69.1 Å². The lowest BCUT2D eigenvalue weighted by molar-refractivity contribution is -0.144. The van der Waals surface area contributed by atoms with E-state index in [9.17, 15) is 87.5 Å². The summed E-state index contributed by atoms with van der Waals surface area (Å²) in [4.78, 5) is 203. The molecule has 36 heteroatoms. The Kier molecular flexibility index (Phi) is 34.6. The number of benzene rings is 1. The Labute approximate surface area is 577 Å². The van der Waals surface area contributed by atoms with Gasteiger partial charge < -0.3 is 106 Å². The van der Waals surface area contributed by atoms with E-state index in [2.05, 4.69) is 73.1 Å². The molecule has 0 aliphatic rings. The van der Waals surface area contributed by atoms with Crippen LogP contribution in [0.1, 0.15) is 138 Å². The van der Waals surface area contributed by atoms with Crippen LogP contribution in [0.4, 0.5) is 0 Å². The molecule has 3 aromatic rings. The average molecular weight is 1410 g/mol. The lowest BCUT2D eigenvalue weighted by Gasteiger charge is -2.31. The van der Waals surface area contributed by atoms with Crippen LogP contribution in [0.2, 0.25) is 0 Å². The van der Waals surface area contributed by atoms with Crippen LogP contribution in [0.25, 0.3) is 10.9 Å². The molecule has 100 heavy (non-hydrogen) atoms. The van der Waals surface area contributed by atoms with Crippen molar-refractivity contribution >= 4 is 99.7 Å². The number of carboxylic acids is 3. The molecule has 14 atom stereocenters. The van der Waals surface area contributed by atoms with Gasteiger partial charge in [-0.25, -0.2) is 9.78 Å².